The molecule has 0 atom stereocenters. The van der Waals surface area contributed by atoms with Crippen molar-refractivity contribution >= 4 is 16.7 Å². The predicted octanol–water partition coefficient (Wildman–Crippen LogP) is 3.33. The Kier molecular flexibility index (Phi) is 3.90. The second-order valence-corrected chi connectivity index (χ2v) is 4.96. The molecule has 4 heteroatoms. The van der Waals surface area contributed by atoms with Crippen molar-refractivity contribution in [1.82, 2.24) is 9.78 Å². The number of nitrogens with zero attached hydrogens (tertiary/aromatic N) is 2. The second-order valence-electron chi connectivity index (χ2n) is 4.96. The molecule has 102 valence electrons. The van der Waals surface area contributed by atoms with Crippen LogP contribution in [-0.2, 0) is 11.3 Å². The maximum Gasteiger partial charge on any atom is 0.116 e. The molecule has 0 saturated carbocycles. The highest BCUT2D eigenvalue weighted by atomic mass is 16.5. The number of methoxy groups -OCH3 is 1. The number of ether oxygens (including phenoxy) is 1. The van der Waals surface area contributed by atoms with Crippen LogP contribution in [0.5, 0.6) is 0 Å². The number of hydrogen-bond donors (Lipinski definition) is 1. The van der Waals surface area contributed by atoms with Gasteiger partial charge in [0.2, 0.25) is 0 Å². The Labute approximate surface area is 113 Å². The summed E-state index contributed by atoms with van der Waals surface area (Å²) in [4.78, 5) is 0. The standard InChI is InChI=1S/C15H20N2O2/c1-10(2)12-7-13(11(3)18)14-9-16-17(5-6-19-4)15(14)8-12/h7-10,18H,3,5-6H2,1-2,4H3. The zero-order chi connectivity index (χ0) is 14.0. The fraction of sp³-hybridized carbons (Fsp3) is 0.400. The molecule has 0 amide bonds. The fourth-order valence-electron chi connectivity index (χ4n) is 2.13. The summed E-state index contributed by atoms with van der Waals surface area (Å²) in [6.45, 7) is 9.20. The summed E-state index contributed by atoms with van der Waals surface area (Å²) in [5, 5.41) is 15.0. The lowest BCUT2D eigenvalue weighted by Crippen LogP contribution is -2.05. The van der Waals surface area contributed by atoms with Crippen molar-refractivity contribution < 1.29 is 9.84 Å². The molecule has 0 saturated heterocycles. The van der Waals surface area contributed by atoms with Crippen molar-refractivity contribution in [3.8, 4) is 0 Å². The first-order valence-corrected chi connectivity index (χ1v) is 6.41. The summed E-state index contributed by atoms with van der Waals surface area (Å²) in [7, 11) is 1.67. The Morgan fingerprint density at radius 1 is 1.47 bits per heavy atom. The largest absolute Gasteiger partial charge is 0.508 e. The van der Waals surface area contributed by atoms with E-state index in [2.05, 4.69) is 31.6 Å². The third-order valence-electron chi connectivity index (χ3n) is 3.27. The topological polar surface area (TPSA) is 47.3 Å². The first kappa shape index (κ1) is 13.6. The third kappa shape index (κ3) is 2.63. The number of aliphatic hydroxyl groups excluding tert-OH is 1. The van der Waals surface area contributed by atoms with E-state index in [1.54, 1.807) is 13.3 Å². The van der Waals surface area contributed by atoms with Crippen molar-refractivity contribution in [1.29, 1.82) is 0 Å². The molecule has 0 radical (unpaired) electrons. The average Bonchev–Trinajstić information content (AvgIpc) is 2.77. The van der Waals surface area contributed by atoms with Crippen LogP contribution in [0.25, 0.3) is 16.7 Å². The van der Waals surface area contributed by atoms with Gasteiger partial charge in [0, 0.05) is 18.1 Å². The molecule has 1 heterocycles. The molecule has 0 aliphatic rings. The highest BCUT2D eigenvalue weighted by molar-refractivity contribution is 5.90. The SMILES string of the molecule is C=C(O)c1cc(C(C)C)cc2c1cnn2CCOC. The molecule has 0 aliphatic heterocycles. The summed E-state index contributed by atoms with van der Waals surface area (Å²) in [6, 6.07) is 4.10. The molecule has 19 heavy (non-hydrogen) atoms. The van der Waals surface area contributed by atoms with Crippen LogP contribution in [0.3, 0.4) is 0 Å². The van der Waals surface area contributed by atoms with Gasteiger partial charge in [-0.05, 0) is 23.6 Å². The lowest BCUT2D eigenvalue weighted by Gasteiger charge is -2.11. The van der Waals surface area contributed by atoms with Crippen molar-refractivity contribution in [2.24, 2.45) is 0 Å². The van der Waals surface area contributed by atoms with Gasteiger partial charge in [-0.2, -0.15) is 5.10 Å². The quantitative estimate of drug-likeness (QED) is 0.839. The average molecular weight is 260 g/mol. The Bertz CT molecular complexity index is 599. The van der Waals surface area contributed by atoms with Crippen molar-refractivity contribution in [3.05, 3.63) is 36.0 Å². The van der Waals surface area contributed by atoms with Crippen molar-refractivity contribution in [2.45, 2.75) is 26.3 Å². The molecule has 0 aliphatic carbocycles. The Morgan fingerprint density at radius 3 is 2.79 bits per heavy atom. The minimum Gasteiger partial charge on any atom is -0.508 e. The van der Waals surface area contributed by atoms with E-state index in [1.807, 2.05) is 10.7 Å². The van der Waals surface area contributed by atoms with Gasteiger partial charge in [0.15, 0.2) is 0 Å². The number of rotatable bonds is 5. The van der Waals surface area contributed by atoms with Crippen LogP contribution in [0.15, 0.2) is 24.9 Å². The molecule has 1 aromatic heterocycles. The first-order chi connectivity index (χ1) is 9.04. The minimum atomic E-state index is 0.0822. The van der Waals surface area contributed by atoms with E-state index in [0.717, 1.165) is 22.0 Å². The summed E-state index contributed by atoms with van der Waals surface area (Å²) in [6.07, 6.45) is 1.77. The second kappa shape index (κ2) is 5.45. The zero-order valence-electron chi connectivity index (χ0n) is 11.7. The Balaban J connectivity index is 2.60. The van der Waals surface area contributed by atoms with E-state index in [1.165, 1.54) is 0 Å². The van der Waals surface area contributed by atoms with Gasteiger partial charge in [0.25, 0.3) is 0 Å². The number of fused-ring (bicyclic) bond motifs is 1. The number of hydrogen-bond acceptors (Lipinski definition) is 3. The van der Waals surface area contributed by atoms with Crippen LogP contribution in [0.1, 0.15) is 30.9 Å². The van der Waals surface area contributed by atoms with E-state index in [-0.39, 0.29) is 5.76 Å². The molecule has 1 aromatic carbocycles. The van der Waals surface area contributed by atoms with Crippen LogP contribution < -0.4 is 0 Å². The van der Waals surface area contributed by atoms with Crippen LogP contribution in [-0.4, -0.2) is 28.6 Å². The van der Waals surface area contributed by atoms with Gasteiger partial charge in [-0.3, -0.25) is 4.68 Å². The van der Waals surface area contributed by atoms with Crippen molar-refractivity contribution in [3.63, 3.8) is 0 Å². The number of aliphatic hydroxyl groups is 1. The Hall–Kier alpha value is -1.81. The van der Waals surface area contributed by atoms with Crippen molar-refractivity contribution in [2.75, 3.05) is 13.7 Å². The van der Waals surface area contributed by atoms with E-state index in [4.69, 9.17) is 4.74 Å². The smallest absolute Gasteiger partial charge is 0.116 e. The molecule has 4 nitrogen and oxygen atoms in total. The van der Waals surface area contributed by atoms with E-state index in [9.17, 15) is 5.11 Å². The van der Waals surface area contributed by atoms with E-state index >= 15 is 0 Å². The fourth-order valence-corrected chi connectivity index (χ4v) is 2.13. The summed E-state index contributed by atoms with van der Waals surface area (Å²) >= 11 is 0. The van der Waals surface area contributed by atoms with Gasteiger partial charge in [-0.25, -0.2) is 0 Å². The lowest BCUT2D eigenvalue weighted by atomic mass is 9.97. The normalized spacial score (nSPS) is 11.4. The minimum absolute atomic E-state index is 0.0822. The Morgan fingerprint density at radius 2 is 2.21 bits per heavy atom. The third-order valence-corrected chi connectivity index (χ3v) is 3.27. The summed E-state index contributed by atoms with van der Waals surface area (Å²) < 4.78 is 6.99. The summed E-state index contributed by atoms with van der Waals surface area (Å²) in [5.74, 6) is 0.465. The maximum absolute atomic E-state index is 9.76. The monoisotopic (exact) mass is 260 g/mol. The number of benzene rings is 1. The molecule has 0 spiro atoms. The van der Waals surface area contributed by atoms with Crippen LogP contribution in [0.4, 0.5) is 0 Å². The number of aromatic nitrogens is 2. The van der Waals surface area contributed by atoms with Gasteiger partial charge >= 0.3 is 0 Å². The zero-order valence-corrected chi connectivity index (χ0v) is 11.7. The maximum atomic E-state index is 9.76. The molecule has 2 aromatic rings. The molecule has 0 fully saturated rings. The molecular formula is C15H20N2O2. The molecule has 0 unspecified atom stereocenters. The molecular weight excluding hydrogens is 240 g/mol. The van der Waals surface area contributed by atoms with E-state index in [0.29, 0.717) is 19.1 Å². The van der Waals surface area contributed by atoms with Gasteiger partial charge < -0.3 is 9.84 Å². The van der Waals surface area contributed by atoms with Gasteiger partial charge in [-0.1, -0.05) is 20.4 Å². The van der Waals surface area contributed by atoms with Crippen LogP contribution >= 0.6 is 0 Å². The predicted molar refractivity (Wildman–Crippen MR) is 77.4 cm³/mol. The molecule has 1 N–H and O–H groups in total. The van der Waals surface area contributed by atoms with Gasteiger partial charge in [0.1, 0.15) is 5.76 Å². The van der Waals surface area contributed by atoms with Crippen LogP contribution in [0.2, 0.25) is 0 Å². The van der Waals surface area contributed by atoms with Crippen LogP contribution in [0, 0.1) is 0 Å². The highest BCUT2D eigenvalue weighted by Gasteiger charge is 2.12. The molecule has 0 bridgehead atoms. The first-order valence-electron chi connectivity index (χ1n) is 6.41. The summed E-state index contributed by atoms with van der Waals surface area (Å²) in [5.41, 5.74) is 2.93. The van der Waals surface area contributed by atoms with E-state index < -0.39 is 0 Å². The van der Waals surface area contributed by atoms with Gasteiger partial charge in [0.05, 0.1) is 24.9 Å². The highest BCUT2D eigenvalue weighted by Crippen LogP contribution is 2.28. The lowest BCUT2D eigenvalue weighted by molar-refractivity contribution is 0.185. The molecule has 2 rings (SSSR count). The van der Waals surface area contributed by atoms with Gasteiger partial charge in [-0.15, -0.1) is 0 Å².